The molecule has 0 radical (unpaired) electrons. The maximum atomic E-state index is 2.38. The van der Waals surface area contributed by atoms with Crippen LogP contribution in [0.5, 0.6) is 0 Å². The monoisotopic (exact) mass is 218 g/mol. The molecular formula is C16H26. The van der Waals surface area contributed by atoms with E-state index in [4.69, 9.17) is 0 Å². The third-order valence-corrected chi connectivity index (χ3v) is 4.69. The summed E-state index contributed by atoms with van der Waals surface area (Å²) in [6.07, 6.45) is 16.8. The van der Waals surface area contributed by atoms with Crippen LogP contribution < -0.4 is 0 Å². The van der Waals surface area contributed by atoms with E-state index in [0.29, 0.717) is 0 Å². The second kappa shape index (κ2) is 5.70. The normalized spacial score (nSPS) is 34.9. The standard InChI is InChI=1S/C16H26/c1-3-13-9-10-16(12-14(4-2)11-13)15-7-5-6-8-15/h5-7,13-14,16H,3-4,8-12H2,1-2H3/t13?,14-,16?/m0/s1. The maximum absolute atomic E-state index is 2.38. The lowest BCUT2D eigenvalue weighted by atomic mass is 9.85. The molecule has 0 nitrogen and oxygen atoms in total. The van der Waals surface area contributed by atoms with Gasteiger partial charge in [-0.15, -0.1) is 0 Å². The minimum atomic E-state index is 0.900. The Morgan fingerprint density at radius 3 is 2.50 bits per heavy atom. The first kappa shape index (κ1) is 12.0. The van der Waals surface area contributed by atoms with Gasteiger partial charge in [0.15, 0.2) is 0 Å². The van der Waals surface area contributed by atoms with Gasteiger partial charge in [0.1, 0.15) is 0 Å². The van der Waals surface area contributed by atoms with Crippen LogP contribution in [0, 0.1) is 17.8 Å². The van der Waals surface area contributed by atoms with Gasteiger partial charge >= 0.3 is 0 Å². The van der Waals surface area contributed by atoms with Gasteiger partial charge in [-0.25, -0.2) is 0 Å². The summed E-state index contributed by atoms with van der Waals surface area (Å²) in [5.41, 5.74) is 1.72. The molecule has 90 valence electrons. The fourth-order valence-corrected chi connectivity index (χ4v) is 3.45. The predicted octanol–water partition coefficient (Wildman–Crippen LogP) is 5.12. The minimum absolute atomic E-state index is 0.900. The Kier molecular flexibility index (Phi) is 4.26. The van der Waals surface area contributed by atoms with Gasteiger partial charge in [0.25, 0.3) is 0 Å². The minimum Gasteiger partial charge on any atom is -0.0805 e. The largest absolute Gasteiger partial charge is 0.0805 e. The molecule has 0 spiro atoms. The van der Waals surface area contributed by atoms with Crippen molar-refractivity contribution in [1.29, 1.82) is 0 Å². The zero-order chi connectivity index (χ0) is 11.4. The van der Waals surface area contributed by atoms with Crippen molar-refractivity contribution in [1.82, 2.24) is 0 Å². The van der Waals surface area contributed by atoms with Gasteiger partial charge in [-0.2, -0.15) is 0 Å². The van der Waals surface area contributed by atoms with E-state index in [1.165, 1.54) is 44.9 Å². The Balaban J connectivity index is 1.99. The Morgan fingerprint density at radius 1 is 1.06 bits per heavy atom. The Hall–Kier alpha value is -0.520. The van der Waals surface area contributed by atoms with Crippen LogP contribution in [0.3, 0.4) is 0 Å². The summed E-state index contributed by atoms with van der Waals surface area (Å²) >= 11 is 0. The van der Waals surface area contributed by atoms with Gasteiger partial charge in [0, 0.05) is 0 Å². The first-order valence-corrected chi connectivity index (χ1v) is 7.19. The summed E-state index contributed by atoms with van der Waals surface area (Å²) in [5, 5.41) is 0. The lowest BCUT2D eigenvalue weighted by Crippen LogP contribution is -2.08. The molecule has 0 aromatic heterocycles. The second-order valence-electron chi connectivity index (χ2n) is 5.67. The van der Waals surface area contributed by atoms with E-state index in [-0.39, 0.29) is 0 Å². The fourth-order valence-electron chi connectivity index (χ4n) is 3.45. The number of hydrogen-bond donors (Lipinski definition) is 0. The number of allylic oxidation sites excluding steroid dienone is 4. The van der Waals surface area contributed by atoms with Crippen LogP contribution in [0.15, 0.2) is 23.8 Å². The van der Waals surface area contributed by atoms with Crippen LogP contribution in [0.2, 0.25) is 0 Å². The van der Waals surface area contributed by atoms with Crippen LogP contribution in [-0.4, -0.2) is 0 Å². The van der Waals surface area contributed by atoms with Gasteiger partial charge in [-0.05, 0) is 49.9 Å². The van der Waals surface area contributed by atoms with Gasteiger partial charge in [0.2, 0.25) is 0 Å². The molecule has 2 aliphatic carbocycles. The molecule has 0 heterocycles. The topological polar surface area (TPSA) is 0 Å². The summed E-state index contributed by atoms with van der Waals surface area (Å²) < 4.78 is 0. The van der Waals surface area contributed by atoms with Crippen molar-refractivity contribution in [2.45, 2.75) is 58.8 Å². The highest BCUT2D eigenvalue weighted by molar-refractivity contribution is 5.25. The molecule has 0 amide bonds. The highest BCUT2D eigenvalue weighted by atomic mass is 14.3. The molecule has 1 saturated carbocycles. The Morgan fingerprint density at radius 2 is 1.88 bits per heavy atom. The molecule has 0 saturated heterocycles. The van der Waals surface area contributed by atoms with Gasteiger partial charge in [-0.1, -0.05) is 50.5 Å². The van der Waals surface area contributed by atoms with E-state index < -0.39 is 0 Å². The molecule has 0 aromatic rings. The third kappa shape index (κ3) is 2.78. The van der Waals surface area contributed by atoms with Crippen LogP contribution in [0.25, 0.3) is 0 Å². The van der Waals surface area contributed by atoms with Crippen LogP contribution in [-0.2, 0) is 0 Å². The van der Waals surface area contributed by atoms with Crippen molar-refractivity contribution in [3.8, 4) is 0 Å². The fraction of sp³-hybridized carbons (Fsp3) is 0.750. The SMILES string of the molecule is CCC1CCC(C2=CC=CC2)C[C@@H](CC)C1. The highest BCUT2D eigenvalue weighted by Crippen LogP contribution is 2.39. The molecule has 2 rings (SSSR count). The van der Waals surface area contributed by atoms with Crippen molar-refractivity contribution in [3.63, 3.8) is 0 Å². The Labute approximate surface area is 101 Å². The quantitative estimate of drug-likeness (QED) is 0.577. The number of rotatable bonds is 3. The highest BCUT2D eigenvalue weighted by Gasteiger charge is 2.26. The van der Waals surface area contributed by atoms with E-state index in [0.717, 1.165) is 17.8 Å². The maximum Gasteiger partial charge on any atom is -0.0130 e. The van der Waals surface area contributed by atoms with Crippen LogP contribution in [0.1, 0.15) is 58.8 Å². The van der Waals surface area contributed by atoms with E-state index in [1.807, 2.05) is 0 Å². The summed E-state index contributed by atoms with van der Waals surface area (Å²) in [6, 6.07) is 0. The lowest BCUT2D eigenvalue weighted by molar-refractivity contribution is 0.351. The molecule has 3 atom stereocenters. The molecular weight excluding hydrogens is 192 g/mol. The first-order valence-electron chi connectivity index (χ1n) is 7.19. The molecule has 0 N–H and O–H groups in total. The van der Waals surface area contributed by atoms with Crippen molar-refractivity contribution in [2.75, 3.05) is 0 Å². The molecule has 16 heavy (non-hydrogen) atoms. The Bertz CT molecular complexity index is 272. The molecule has 0 aliphatic heterocycles. The third-order valence-electron chi connectivity index (χ3n) is 4.69. The predicted molar refractivity (Wildman–Crippen MR) is 71.4 cm³/mol. The van der Waals surface area contributed by atoms with Crippen molar-refractivity contribution in [3.05, 3.63) is 23.8 Å². The lowest BCUT2D eigenvalue weighted by Gasteiger charge is -2.20. The summed E-state index contributed by atoms with van der Waals surface area (Å²) in [5.74, 6) is 2.89. The van der Waals surface area contributed by atoms with E-state index in [2.05, 4.69) is 32.1 Å². The van der Waals surface area contributed by atoms with E-state index in [1.54, 1.807) is 5.57 Å². The first-order chi connectivity index (χ1) is 7.83. The van der Waals surface area contributed by atoms with Gasteiger partial charge in [0.05, 0.1) is 0 Å². The molecule has 0 aromatic carbocycles. The van der Waals surface area contributed by atoms with E-state index >= 15 is 0 Å². The molecule has 1 fully saturated rings. The zero-order valence-corrected chi connectivity index (χ0v) is 10.9. The second-order valence-corrected chi connectivity index (χ2v) is 5.67. The molecule has 2 unspecified atom stereocenters. The van der Waals surface area contributed by atoms with E-state index in [9.17, 15) is 0 Å². The average molecular weight is 218 g/mol. The zero-order valence-electron chi connectivity index (χ0n) is 10.9. The average Bonchev–Trinajstić information content (AvgIpc) is 2.76. The van der Waals surface area contributed by atoms with Crippen LogP contribution >= 0.6 is 0 Å². The van der Waals surface area contributed by atoms with Crippen molar-refractivity contribution in [2.24, 2.45) is 17.8 Å². The smallest absolute Gasteiger partial charge is 0.0130 e. The molecule has 2 aliphatic rings. The van der Waals surface area contributed by atoms with Crippen molar-refractivity contribution >= 4 is 0 Å². The van der Waals surface area contributed by atoms with Gasteiger partial charge in [-0.3, -0.25) is 0 Å². The number of hydrogen-bond acceptors (Lipinski definition) is 0. The van der Waals surface area contributed by atoms with Crippen LogP contribution in [0.4, 0.5) is 0 Å². The summed E-state index contributed by atoms with van der Waals surface area (Å²) in [4.78, 5) is 0. The van der Waals surface area contributed by atoms with Crippen molar-refractivity contribution < 1.29 is 0 Å². The summed E-state index contributed by atoms with van der Waals surface area (Å²) in [6.45, 7) is 4.75. The molecule has 0 heteroatoms. The van der Waals surface area contributed by atoms with Gasteiger partial charge < -0.3 is 0 Å². The summed E-state index contributed by atoms with van der Waals surface area (Å²) in [7, 11) is 0. The molecule has 0 bridgehead atoms.